The van der Waals surface area contributed by atoms with Crippen molar-refractivity contribution in [2.24, 2.45) is 0 Å². The predicted octanol–water partition coefficient (Wildman–Crippen LogP) is 6.20. The average molecular weight is 1100 g/mol. The van der Waals surface area contributed by atoms with Crippen LogP contribution >= 0.6 is 0 Å². The number of nitrogens with zero attached hydrogens (tertiary/aromatic N) is 2. The first-order valence-electron chi connectivity index (χ1n) is 22.8. The van der Waals surface area contributed by atoms with Gasteiger partial charge < -0.3 is 15.6 Å². The van der Waals surface area contributed by atoms with Gasteiger partial charge in [-0.25, -0.2) is 17.2 Å². The Bertz CT molecular complexity index is 3240. The molecule has 0 bridgehead atoms. The summed E-state index contributed by atoms with van der Waals surface area (Å²) in [4.78, 5) is 0.855. The molecule has 390 valence electrons. The molecule has 0 aromatic heterocycles. The first kappa shape index (κ1) is 59.1. The van der Waals surface area contributed by atoms with E-state index in [1.54, 1.807) is 56.2 Å². The van der Waals surface area contributed by atoms with Gasteiger partial charge in [-0.05, 0) is 117 Å². The van der Waals surface area contributed by atoms with E-state index in [0.29, 0.717) is 53.2 Å². The number of benzene rings is 3. The molecule has 0 unspecified atom stereocenters. The summed E-state index contributed by atoms with van der Waals surface area (Å²) in [6.45, 7) is 8.75. The van der Waals surface area contributed by atoms with Crippen LogP contribution in [0.15, 0.2) is 87.3 Å². The molecule has 0 atom stereocenters. The molecule has 0 saturated carbocycles. The van der Waals surface area contributed by atoms with Gasteiger partial charge in [0, 0.05) is 47.5 Å². The van der Waals surface area contributed by atoms with E-state index >= 15 is 17.6 Å². The molecule has 0 radical (unpaired) electrons. The number of rotatable bonds is 20. The summed E-state index contributed by atoms with van der Waals surface area (Å²) in [5, 5.41) is 0. The molecule has 3 aromatic rings. The summed E-state index contributed by atoms with van der Waals surface area (Å²) < 4.78 is 208. The Kier molecular flexibility index (Phi) is 18.6. The van der Waals surface area contributed by atoms with Gasteiger partial charge in [0.2, 0.25) is 17.3 Å². The third-order valence-corrected chi connectivity index (χ3v) is 16.3. The van der Waals surface area contributed by atoms with E-state index in [1.165, 1.54) is 42.5 Å². The fourth-order valence-corrected chi connectivity index (χ4v) is 11.6. The molecule has 24 heteroatoms. The smallest absolute Gasteiger partial charge is 1.00 e. The quantitative estimate of drug-likeness (QED) is 0.0285. The molecule has 2 aliphatic heterocycles. The molecule has 0 saturated heterocycles. The number of allylic oxidation sites excluding steroid dienone is 8. The number of hydrogen-bond donors (Lipinski definition) is 3. The number of halogens is 4. The van der Waals surface area contributed by atoms with Crippen molar-refractivity contribution in [1.82, 2.24) is 0 Å². The minimum absolute atomic E-state index is 0. The topological polar surface area (TPSA) is 236 Å². The molecule has 72 heavy (non-hydrogen) atoms. The summed E-state index contributed by atoms with van der Waals surface area (Å²) in [5.41, 5.74) is -0.238. The first-order valence-corrected chi connectivity index (χ1v) is 28.8. The van der Waals surface area contributed by atoms with E-state index in [2.05, 4.69) is 0 Å². The van der Waals surface area contributed by atoms with Gasteiger partial charge in [-0.15, -0.1) is 0 Å². The molecule has 0 fully saturated rings. The zero-order chi connectivity index (χ0) is 52.6. The molecule has 3 N–H and O–H groups in total. The van der Waals surface area contributed by atoms with Crippen LogP contribution in [0.5, 0.6) is 5.75 Å². The van der Waals surface area contributed by atoms with E-state index < -0.39 is 107 Å². The Morgan fingerprint density at radius 3 is 1.93 bits per heavy atom. The number of anilines is 1. The van der Waals surface area contributed by atoms with Crippen molar-refractivity contribution in [3.8, 4) is 5.75 Å². The number of hydrogen-bond acceptors (Lipinski definition) is 11. The largest absolute Gasteiger partial charge is 1.00 e. The van der Waals surface area contributed by atoms with Crippen LogP contribution in [-0.2, 0) is 51.3 Å². The van der Waals surface area contributed by atoms with Crippen LogP contribution in [0.4, 0.5) is 28.9 Å². The molecule has 1 aliphatic carbocycles. The van der Waals surface area contributed by atoms with Gasteiger partial charge >= 0.3 is 29.6 Å². The van der Waals surface area contributed by atoms with Gasteiger partial charge in [0.1, 0.15) is 16.7 Å². The van der Waals surface area contributed by atoms with Crippen LogP contribution in [0.3, 0.4) is 0 Å². The molecule has 3 aromatic carbocycles. The Labute approximate surface area is 442 Å². The van der Waals surface area contributed by atoms with Crippen LogP contribution in [-0.4, -0.2) is 93.4 Å². The van der Waals surface area contributed by atoms with Gasteiger partial charge in [0.15, 0.2) is 23.1 Å². The molecule has 3 aliphatic rings. The van der Waals surface area contributed by atoms with E-state index in [9.17, 15) is 51.9 Å². The van der Waals surface area contributed by atoms with Crippen molar-refractivity contribution >= 4 is 63.1 Å². The second kappa shape index (κ2) is 22.6. The van der Waals surface area contributed by atoms with Gasteiger partial charge in [-0.3, -0.25) is 13.7 Å². The molecule has 0 spiro atoms. The fourth-order valence-electron chi connectivity index (χ4n) is 9.43. The second-order valence-corrected chi connectivity index (χ2v) is 24.7. The van der Waals surface area contributed by atoms with Crippen molar-refractivity contribution < 1.29 is 110 Å². The van der Waals surface area contributed by atoms with Crippen LogP contribution in [0, 0.1) is 23.3 Å². The SMILES string of the molecule is CCCCOc1c(F)c(F)c(C2=C(C=CC3=[N+](CCCCS(=O)(=O)O)c4ccc(S(=O)(=O)[O-])cc4C3(C)C)CCCC2=CC=C2N(CCCCS(=O)(=O)O)c3ccc(S(=O)(=O)O)cc3C2(C)C)c(F)c1F.[H-].[Na+]. The molecule has 6 rings (SSSR count). The summed E-state index contributed by atoms with van der Waals surface area (Å²) in [5.74, 6) is -9.35. The van der Waals surface area contributed by atoms with Crippen LogP contribution < -0.4 is 39.2 Å². The molecule has 0 amide bonds. The molecular formula is C48H57F4N2NaO13S4. The van der Waals surface area contributed by atoms with Crippen LogP contribution in [0.25, 0.3) is 5.57 Å². The van der Waals surface area contributed by atoms with E-state index in [-0.39, 0.29) is 106 Å². The maximum Gasteiger partial charge on any atom is 1.00 e. The van der Waals surface area contributed by atoms with Gasteiger partial charge in [0.25, 0.3) is 30.4 Å². The molecular weight excluding hydrogens is 1040 g/mol. The Hall–Kier alpha value is -3.75. The van der Waals surface area contributed by atoms with Crippen molar-refractivity contribution in [3.63, 3.8) is 0 Å². The maximum absolute atomic E-state index is 16.7. The summed E-state index contributed by atoms with van der Waals surface area (Å²) >= 11 is 0. The third kappa shape index (κ3) is 13.0. The van der Waals surface area contributed by atoms with Crippen LogP contribution in [0.2, 0.25) is 0 Å². The number of fused-ring (bicyclic) bond motifs is 2. The molecule has 15 nitrogen and oxygen atoms in total. The Morgan fingerprint density at radius 1 is 0.750 bits per heavy atom. The van der Waals surface area contributed by atoms with Gasteiger partial charge in [-0.2, -0.15) is 38.6 Å². The summed E-state index contributed by atoms with van der Waals surface area (Å²) in [6.07, 6.45) is 8.12. The number of ether oxygens (including phenoxy) is 1. The van der Waals surface area contributed by atoms with Crippen molar-refractivity contribution in [1.29, 1.82) is 0 Å². The van der Waals surface area contributed by atoms with E-state index in [1.807, 2.05) is 0 Å². The zero-order valence-electron chi connectivity index (χ0n) is 41.6. The first-order chi connectivity index (χ1) is 32.9. The second-order valence-electron chi connectivity index (χ2n) is 18.7. The number of unbranched alkanes of at least 4 members (excludes halogenated alkanes) is 3. The predicted molar refractivity (Wildman–Crippen MR) is 259 cm³/mol. The summed E-state index contributed by atoms with van der Waals surface area (Å²) in [7, 11) is -18.2. The minimum atomic E-state index is -4.92. The monoisotopic (exact) mass is 1100 g/mol. The van der Waals surface area contributed by atoms with Crippen LogP contribution in [0.1, 0.15) is 111 Å². The third-order valence-electron chi connectivity index (χ3n) is 13.0. The van der Waals surface area contributed by atoms with E-state index in [0.717, 1.165) is 6.07 Å². The van der Waals surface area contributed by atoms with Crippen molar-refractivity contribution in [2.75, 3.05) is 36.1 Å². The van der Waals surface area contributed by atoms with E-state index in [4.69, 9.17) is 4.74 Å². The standard InChI is InChI=1S/C48H56F4N2O13S4.Na.H/c1-6-7-25-67-46-44(51)42(49)41(43(50)45(46)52)40-30(15-21-38-47(2,3)34-28-32(70(61,62)63)17-19-36(34)53(38)23-8-10-26-68(55,56)57)13-12-14-31(40)16-22-39-48(4,5)35-29-33(71(64,65)66)18-20-37(35)54(39)24-9-11-27-69(58,59)60;;/h15-22,28-29H,6-14,23-27H2,1-5H3,(H3-,55,56,57,58,59,60,61,62,63,64,65,66);;/q;+1;-1. The molecule has 2 heterocycles. The Morgan fingerprint density at radius 2 is 1.35 bits per heavy atom. The fraction of sp³-hybridized carbons (Fsp3) is 0.438. The summed E-state index contributed by atoms with van der Waals surface area (Å²) in [6, 6.07) is 7.73. The van der Waals surface area contributed by atoms with Gasteiger partial charge in [0.05, 0.1) is 38.9 Å². The van der Waals surface area contributed by atoms with Crippen molar-refractivity contribution in [2.45, 2.75) is 113 Å². The zero-order valence-corrected chi connectivity index (χ0v) is 45.9. The average Bonchev–Trinajstić information content (AvgIpc) is 3.61. The normalized spacial score (nSPS) is 18.1. The van der Waals surface area contributed by atoms with Crippen molar-refractivity contribution in [3.05, 3.63) is 118 Å². The maximum atomic E-state index is 16.7. The Balaban J connectivity index is 0.00000578. The van der Waals surface area contributed by atoms with Gasteiger partial charge in [-0.1, -0.05) is 39.3 Å². The minimum Gasteiger partial charge on any atom is -1.00 e.